The molecule has 1 N–H and O–H groups in total. The average Bonchev–Trinajstić information content (AvgIpc) is 2.07. The minimum Gasteiger partial charge on any atom is -0.385 e. The van der Waals surface area contributed by atoms with Gasteiger partial charge >= 0.3 is 0 Å². The van der Waals surface area contributed by atoms with Gasteiger partial charge in [-0.25, -0.2) is 4.39 Å². The summed E-state index contributed by atoms with van der Waals surface area (Å²) in [4.78, 5) is 0. The van der Waals surface area contributed by atoms with Crippen LogP contribution in [0.5, 0.6) is 0 Å². The molecule has 1 heterocycles. The number of nitrogens with one attached hydrogen (secondary N) is 1. The fourth-order valence-electron chi connectivity index (χ4n) is 1.47. The van der Waals surface area contributed by atoms with Gasteiger partial charge in [0, 0.05) is 17.5 Å². The van der Waals surface area contributed by atoms with Crippen molar-refractivity contribution in [3.8, 4) is 0 Å². The summed E-state index contributed by atoms with van der Waals surface area (Å²) in [5, 5.41) is 3.38. The Hall–Kier alpha value is -0.700. The number of anilines is 1. The van der Waals surface area contributed by atoms with E-state index in [-0.39, 0.29) is 11.1 Å². The quantitative estimate of drug-likeness (QED) is 0.589. The second kappa shape index (κ2) is 2.98. The first-order valence-corrected chi connectivity index (χ1v) is 4.50. The lowest BCUT2D eigenvalue weighted by molar-refractivity contribution is 0.623. The molecule has 12 heavy (non-hydrogen) atoms. The van der Waals surface area contributed by atoms with Crippen LogP contribution < -0.4 is 5.32 Å². The van der Waals surface area contributed by atoms with Gasteiger partial charge in [-0.05, 0) is 30.2 Å². The fourth-order valence-corrected chi connectivity index (χ4v) is 1.81. The zero-order valence-corrected chi connectivity index (χ0v) is 7.44. The van der Waals surface area contributed by atoms with Gasteiger partial charge in [0.1, 0.15) is 5.82 Å². The van der Waals surface area contributed by atoms with Crippen molar-refractivity contribution in [2.24, 2.45) is 0 Å². The molecular formula is C9H10FNS. The summed E-state index contributed by atoms with van der Waals surface area (Å²) in [6.07, 6.45) is 0.958. The zero-order valence-electron chi connectivity index (χ0n) is 6.55. The fraction of sp³-hybridized carbons (Fsp3) is 0.333. The molecule has 1 nitrogen and oxygen atoms in total. The van der Waals surface area contributed by atoms with E-state index in [1.165, 1.54) is 6.07 Å². The number of rotatable bonds is 0. The van der Waals surface area contributed by atoms with E-state index in [0.717, 1.165) is 24.2 Å². The smallest absolute Gasteiger partial charge is 0.123 e. The van der Waals surface area contributed by atoms with Crippen LogP contribution in [0.1, 0.15) is 17.2 Å². The summed E-state index contributed by atoms with van der Waals surface area (Å²) in [6, 6.07) is 4.80. The van der Waals surface area contributed by atoms with Crippen molar-refractivity contribution in [3.05, 3.63) is 29.6 Å². The van der Waals surface area contributed by atoms with Crippen molar-refractivity contribution in [1.29, 1.82) is 0 Å². The number of benzene rings is 1. The Balaban J connectivity index is 2.47. The van der Waals surface area contributed by atoms with Crippen LogP contribution in [0.25, 0.3) is 0 Å². The highest BCUT2D eigenvalue weighted by molar-refractivity contribution is 7.80. The van der Waals surface area contributed by atoms with Gasteiger partial charge in [0.2, 0.25) is 0 Å². The summed E-state index contributed by atoms with van der Waals surface area (Å²) >= 11 is 4.38. The number of thiol groups is 1. The Morgan fingerprint density at radius 2 is 2.33 bits per heavy atom. The Morgan fingerprint density at radius 1 is 1.50 bits per heavy atom. The molecule has 1 aromatic carbocycles. The molecule has 2 rings (SSSR count). The minimum absolute atomic E-state index is 0.178. The third-order valence-electron chi connectivity index (χ3n) is 2.11. The molecule has 0 fully saturated rings. The molecule has 0 aliphatic carbocycles. The van der Waals surface area contributed by atoms with Gasteiger partial charge in [-0.1, -0.05) is 0 Å². The first kappa shape index (κ1) is 7.92. The van der Waals surface area contributed by atoms with E-state index < -0.39 is 0 Å². The van der Waals surface area contributed by atoms with Crippen molar-refractivity contribution < 1.29 is 4.39 Å². The number of halogens is 1. The van der Waals surface area contributed by atoms with E-state index in [1.54, 1.807) is 12.1 Å². The molecule has 64 valence electrons. The van der Waals surface area contributed by atoms with Gasteiger partial charge in [0.15, 0.2) is 0 Å². The monoisotopic (exact) mass is 183 g/mol. The van der Waals surface area contributed by atoms with Gasteiger partial charge in [0.25, 0.3) is 0 Å². The Bertz CT molecular complexity index is 301. The zero-order chi connectivity index (χ0) is 8.55. The maximum Gasteiger partial charge on any atom is 0.123 e. The van der Waals surface area contributed by atoms with Crippen LogP contribution >= 0.6 is 12.6 Å². The molecule has 1 aromatic rings. The van der Waals surface area contributed by atoms with Gasteiger partial charge in [0.05, 0.1) is 0 Å². The lowest BCUT2D eigenvalue weighted by Crippen LogP contribution is -2.13. The summed E-state index contributed by atoms with van der Waals surface area (Å²) in [5.41, 5.74) is 1.99. The summed E-state index contributed by atoms with van der Waals surface area (Å²) in [7, 11) is 0. The van der Waals surface area contributed by atoms with E-state index in [0.29, 0.717) is 0 Å². The van der Waals surface area contributed by atoms with Crippen molar-refractivity contribution in [2.45, 2.75) is 11.7 Å². The van der Waals surface area contributed by atoms with Crippen LogP contribution in [-0.2, 0) is 0 Å². The molecule has 1 atom stereocenters. The molecule has 0 aromatic heterocycles. The van der Waals surface area contributed by atoms with Crippen molar-refractivity contribution >= 4 is 18.3 Å². The van der Waals surface area contributed by atoms with Gasteiger partial charge in [-0.2, -0.15) is 12.6 Å². The Morgan fingerprint density at radius 3 is 3.17 bits per heavy atom. The Labute approximate surface area is 76.4 Å². The van der Waals surface area contributed by atoms with Gasteiger partial charge in [-0.15, -0.1) is 0 Å². The lowest BCUT2D eigenvalue weighted by atomic mass is 10.0. The third kappa shape index (κ3) is 1.29. The first-order valence-electron chi connectivity index (χ1n) is 3.99. The molecule has 1 unspecified atom stereocenters. The number of fused-ring (bicyclic) bond motifs is 1. The summed E-state index contributed by atoms with van der Waals surface area (Å²) < 4.78 is 12.8. The van der Waals surface area contributed by atoms with E-state index in [2.05, 4.69) is 17.9 Å². The van der Waals surface area contributed by atoms with E-state index in [1.807, 2.05) is 0 Å². The second-order valence-electron chi connectivity index (χ2n) is 2.96. The maximum atomic E-state index is 12.8. The SMILES string of the molecule is Fc1ccc2c(c1)C(S)CCN2. The predicted molar refractivity (Wildman–Crippen MR) is 51.2 cm³/mol. The molecule has 0 bridgehead atoms. The third-order valence-corrected chi connectivity index (χ3v) is 2.64. The number of hydrogen-bond donors (Lipinski definition) is 2. The lowest BCUT2D eigenvalue weighted by Gasteiger charge is -2.22. The van der Waals surface area contributed by atoms with E-state index in [9.17, 15) is 4.39 Å². The predicted octanol–water partition coefficient (Wildman–Crippen LogP) is 2.61. The van der Waals surface area contributed by atoms with Crippen LogP contribution in [0.3, 0.4) is 0 Å². The molecule has 0 amide bonds. The van der Waals surface area contributed by atoms with Gasteiger partial charge in [-0.3, -0.25) is 0 Å². The van der Waals surface area contributed by atoms with Gasteiger partial charge < -0.3 is 5.32 Å². The Kier molecular flexibility index (Phi) is 1.97. The normalized spacial score (nSPS) is 21.3. The molecule has 0 saturated carbocycles. The topological polar surface area (TPSA) is 12.0 Å². The van der Waals surface area contributed by atoms with E-state index >= 15 is 0 Å². The highest BCUT2D eigenvalue weighted by Crippen LogP contribution is 2.34. The van der Waals surface area contributed by atoms with Crippen LogP contribution in [0.4, 0.5) is 10.1 Å². The molecule has 3 heteroatoms. The molecular weight excluding hydrogens is 173 g/mol. The van der Waals surface area contributed by atoms with Crippen LogP contribution in [0.15, 0.2) is 18.2 Å². The van der Waals surface area contributed by atoms with Crippen molar-refractivity contribution in [2.75, 3.05) is 11.9 Å². The molecule has 1 aliphatic heterocycles. The van der Waals surface area contributed by atoms with Crippen molar-refractivity contribution in [1.82, 2.24) is 0 Å². The second-order valence-corrected chi connectivity index (χ2v) is 3.59. The highest BCUT2D eigenvalue weighted by Gasteiger charge is 2.16. The maximum absolute atomic E-state index is 12.8. The number of hydrogen-bond acceptors (Lipinski definition) is 2. The minimum atomic E-state index is -0.184. The highest BCUT2D eigenvalue weighted by atomic mass is 32.1. The van der Waals surface area contributed by atoms with Crippen LogP contribution in [0.2, 0.25) is 0 Å². The molecule has 0 radical (unpaired) electrons. The van der Waals surface area contributed by atoms with Crippen molar-refractivity contribution in [3.63, 3.8) is 0 Å². The molecule has 1 aliphatic rings. The largest absolute Gasteiger partial charge is 0.385 e. The molecule has 0 saturated heterocycles. The average molecular weight is 183 g/mol. The van der Waals surface area contributed by atoms with E-state index in [4.69, 9.17) is 0 Å². The first-order chi connectivity index (χ1) is 5.77. The van der Waals surface area contributed by atoms with Crippen LogP contribution in [-0.4, -0.2) is 6.54 Å². The summed E-state index contributed by atoms with van der Waals surface area (Å²) in [5.74, 6) is -0.184. The summed E-state index contributed by atoms with van der Waals surface area (Å²) in [6.45, 7) is 0.923. The standard InChI is InChI=1S/C9H10FNS/c10-6-1-2-8-7(5-6)9(12)3-4-11-8/h1-2,5,9,11-12H,3-4H2. The molecule has 0 spiro atoms. The van der Waals surface area contributed by atoms with Crippen LogP contribution in [0, 0.1) is 5.82 Å².